The molecule has 0 aliphatic carbocycles. The van der Waals surface area contributed by atoms with E-state index in [-0.39, 0.29) is 25.4 Å². The van der Waals surface area contributed by atoms with Gasteiger partial charge < -0.3 is 45.0 Å². The number of aliphatic hydroxyl groups is 1. The number of fused-ring (bicyclic) bond motifs is 21. The molecule has 22 rings (SSSR count). The van der Waals surface area contributed by atoms with Crippen molar-refractivity contribution < 1.29 is 24.6 Å². The Morgan fingerprint density at radius 3 is 1.34 bits per heavy atom. The molecule has 0 spiro atoms. The van der Waals surface area contributed by atoms with E-state index >= 15 is 0 Å². The van der Waals surface area contributed by atoms with E-state index < -0.39 is 0 Å². The Morgan fingerprint density at radius 1 is 0.371 bits per heavy atom. The molecule has 7 N–H and O–H groups in total. The number of benzene rings is 3. The summed E-state index contributed by atoms with van der Waals surface area (Å²) in [5, 5.41) is 11.1. The number of aliphatic imine (C=N–C) groups is 4. The summed E-state index contributed by atoms with van der Waals surface area (Å²) in [5.41, 5.74) is 45.1. The van der Waals surface area contributed by atoms with Gasteiger partial charge in [-0.05, 0) is 299 Å². The molecule has 17 nitrogen and oxygen atoms in total. The molecule has 19 heterocycles. The maximum absolute atomic E-state index is 9.38. The Hall–Kier alpha value is -15.3. The molecule has 596 valence electrons. The molecule has 9 aliphatic heterocycles. The van der Waals surface area contributed by atoms with Crippen molar-refractivity contribution in [1.29, 1.82) is 0 Å². The quantitative estimate of drug-likeness (QED) is 0.0760. The minimum absolute atomic E-state index is 0. The molecular formula is C106H84N16OZn. The molecular weight excluding hydrogens is 1580 g/mol. The van der Waals surface area contributed by atoms with Crippen LogP contribution in [-0.4, -0.2) is 78.3 Å². The third-order valence-electron chi connectivity index (χ3n) is 24.3. The molecule has 18 heteroatoms. The summed E-state index contributed by atoms with van der Waals surface area (Å²) in [5.74, 6) is 0.0875. The van der Waals surface area contributed by atoms with Crippen LogP contribution in [0.15, 0.2) is 291 Å². The van der Waals surface area contributed by atoms with Crippen LogP contribution < -0.4 is 20.4 Å². The van der Waals surface area contributed by atoms with E-state index in [1.807, 2.05) is 73.4 Å². The van der Waals surface area contributed by atoms with Gasteiger partial charge in [0.05, 0.1) is 97.7 Å². The largest absolute Gasteiger partial charge is 2.00 e. The van der Waals surface area contributed by atoms with Crippen LogP contribution in [0, 0.1) is 41.5 Å². The molecule has 24 bridgehead atoms. The van der Waals surface area contributed by atoms with E-state index in [0.29, 0.717) is 0 Å². The first-order valence-electron chi connectivity index (χ1n) is 41.2. The summed E-state index contributed by atoms with van der Waals surface area (Å²) < 4.78 is 0. The van der Waals surface area contributed by atoms with Gasteiger partial charge in [0.2, 0.25) is 0 Å². The van der Waals surface area contributed by atoms with E-state index in [0.717, 1.165) is 264 Å². The summed E-state index contributed by atoms with van der Waals surface area (Å²) in [6.45, 7) is 18.8. The zero-order valence-electron chi connectivity index (χ0n) is 70.0. The second-order valence-electron chi connectivity index (χ2n) is 31.7. The predicted octanol–water partition coefficient (Wildman–Crippen LogP) is 22.2. The molecule has 13 aromatic rings. The van der Waals surface area contributed by atoms with Gasteiger partial charge in [0.15, 0.2) is 0 Å². The molecule has 0 saturated carbocycles. The van der Waals surface area contributed by atoms with Gasteiger partial charge in [-0.3, -0.25) is 4.99 Å². The first-order chi connectivity index (χ1) is 60.1. The fourth-order valence-electron chi connectivity index (χ4n) is 16.9. The van der Waals surface area contributed by atoms with Gasteiger partial charge >= 0.3 is 19.5 Å². The second kappa shape index (κ2) is 32.7. The molecule has 9 aliphatic rings. The van der Waals surface area contributed by atoms with Gasteiger partial charge in [-0.15, -0.1) is 22.1 Å². The van der Waals surface area contributed by atoms with Crippen molar-refractivity contribution in [3.05, 3.63) is 400 Å². The zero-order chi connectivity index (χ0) is 83.7. The van der Waals surface area contributed by atoms with Crippen molar-refractivity contribution >= 4 is 139 Å². The number of aromatic nitrogens is 12. The number of nitrogens with zero attached hydrogens (tertiary/aromatic N) is 10. The topological polar surface area (TPSA) is 244 Å². The Balaban J connectivity index is 0.000000122. The fraction of sp³-hybridized carbons (Fsp3) is 0.0943. The van der Waals surface area contributed by atoms with Gasteiger partial charge in [-0.25, -0.2) is 34.9 Å². The predicted molar refractivity (Wildman–Crippen MR) is 506 cm³/mol. The van der Waals surface area contributed by atoms with Gasteiger partial charge in [-0.2, -0.15) is 0 Å². The normalized spacial score (nSPS) is 14.9. The summed E-state index contributed by atoms with van der Waals surface area (Å²) in [6, 6.07) is 58.9. The Morgan fingerprint density at radius 2 is 0.823 bits per heavy atom. The van der Waals surface area contributed by atoms with Crippen LogP contribution in [0.25, 0.3) is 138 Å². The number of rotatable bonds is 7. The molecule has 10 aromatic heterocycles. The molecule has 0 amide bonds. The minimum atomic E-state index is 0. The third-order valence-corrected chi connectivity index (χ3v) is 24.3. The van der Waals surface area contributed by atoms with E-state index in [1.54, 1.807) is 0 Å². The Bertz CT molecular complexity index is 7500. The summed E-state index contributed by atoms with van der Waals surface area (Å²) in [4.78, 5) is 70.8. The number of allylic oxidation sites excluding steroid dienone is 11. The van der Waals surface area contributed by atoms with E-state index in [4.69, 9.17) is 44.9 Å². The van der Waals surface area contributed by atoms with Crippen molar-refractivity contribution in [1.82, 2.24) is 59.8 Å². The maximum Gasteiger partial charge on any atom is 2.00 e. The van der Waals surface area contributed by atoms with Crippen molar-refractivity contribution in [3.8, 4) is 22.3 Å². The number of aliphatic hydroxyl groups excluding tert-OH is 1. The van der Waals surface area contributed by atoms with Crippen LogP contribution in [-0.2, 0) is 19.5 Å². The summed E-state index contributed by atoms with van der Waals surface area (Å²) in [7, 11) is 0. The van der Waals surface area contributed by atoms with Crippen LogP contribution in [0.3, 0.4) is 0 Å². The van der Waals surface area contributed by atoms with E-state index in [1.165, 1.54) is 5.56 Å². The van der Waals surface area contributed by atoms with Gasteiger partial charge in [0, 0.05) is 114 Å². The molecule has 0 fully saturated rings. The van der Waals surface area contributed by atoms with Gasteiger partial charge in [-0.1, -0.05) is 97.1 Å². The van der Waals surface area contributed by atoms with Crippen LogP contribution in [0.4, 0.5) is 0 Å². The van der Waals surface area contributed by atoms with Crippen LogP contribution in [0.2, 0.25) is 0 Å². The fourth-order valence-corrected chi connectivity index (χ4v) is 16.9. The van der Waals surface area contributed by atoms with E-state index in [9.17, 15) is 5.11 Å². The van der Waals surface area contributed by atoms with Crippen molar-refractivity contribution in [2.75, 3.05) is 0 Å². The smallest absolute Gasteiger partial charge is 0.657 e. The number of hydrogen-bond donors (Lipinski definition) is 7. The second-order valence-corrected chi connectivity index (χ2v) is 31.7. The van der Waals surface area contributed by atoms with Crippen LogP contribution >= 0.6 is 0 Å². The molecule has 124 heavy (non-hydrogen) atoms. The van der Waals surface area contributed by atoms with Crippen LogP contribution in [0.1, 0.15) is 145 Å². The summed E-state index contributed by atoms with van der Waals surface area (Å²) >= 11 is 0. The van der Waals surface area contributed by atoms with Crippen molar-refractivity contribution in [3.63, 3.8) is 0 Å². The molecule has 0 atom stereocenters. The first kappa shape index (κ1) is 78.6. The van der Waals surface area contributed by atoms with Crippen molar-refractivity contribution in [2.24, 2.45) is 20.0 Å². The average Bonchev–Trinajstić information content (AvgIpc) is 1.66. The number of hydrogen-bond acceptors (Lipinski definition) is 9. The Kier molecular flexibility index (Phi) is 20.7. The number of aromatic amines is 6. The molecule has 0 saturated heterocycles. The number of H-pyrrole nitrogens is 6. The monoisotopic (exact) mass is 1660 g/mol. The zero-order valence-corrected chi connectivity index (χ0v) is 73.0. The maximum atomic E-state index is 9.38. The number of aryl methyl sites for hydroxylation is 5. The SMILES string of the molecule is CC1=C2C=CC(=N2)C(C)=C2C=CC(=N2)C(=c2ccc(=CO)cc2)c2ccc([nH]2)C(C)=C2C=CC1=N2.Cc1c2nc(c(C)c3ccc([n-]3)c(-c3ccc(/C(=C4\C=CC=N4)c4ccc[nH]4)cc3)c3nc(c(C)c4ccc1[n-]4)C=C3)C=C2.Cc1c2nc(c(C)c3ccc([nH]3)c(-c3ccc(C(c4ccc[nH]4)c4ccc[nH]4)cc3)c3ccc([nH]3)c(C)c3nc1C=C3)C=C2.[Zn+2]. The standard InChI is InChI=1S/C38H32N6.C38H28N6.C30H24N4O.Zn/c2*1-22-27-12-14-29(41-27)23(2)31-16-18-35(43-31)38(36-19-17-32(44-36)24(3)30-15-13-28(22)42-30)26-10-8-25(9-11-26)37(33-6-4-20-39-33)34-7-5-21-40-34;1-17-22-8-10-24(31-22)18(2)26-12-14-28(33-26)30(21-6-4-20(16-35)5-7-21)29-15-13-27(34-29)19(3)25-11-9-23(17)32-25;/h4-21,37,39-40,43-44H,1-3H3;4-21,39H,1-3H3;4-16,33,35H,1-3H3;/q;-2;;+2/b;27-22?,28-22?,29-23?,30-24?,31-23?,32-24?,37-34-,38-35?,38-36?;;. The molecule has 0 radical (unpaired) electrons. The van der Waals surface area contributed by atoms with Crippen molar-refractivity contribution in [2.45, 2.75) is 68.2 Å². The summed E-state index contributed by atoms with van der Waals surface area (Å²) in [6.07, 6.45) is 41.8. The third kappa shape index (κ3) is 14.7. The molecule has 0 unspecified atom stereocenters. The Labute approximate surface area is 728 Å². The molecule has 3 aromatic carbocycles. The van der Waals surface area contributed by atoms with Crippen LogP contribution in [0.5, 0.6) is 0 Å². The van der Waals surface area contributed by atoms with E-state index in [2.05, 4.69) is 316 Å². The number of nitrogens with one attached hydrogen (secondary N) is 6. The average molecular weight is 1660 g/mol. The van der Waals surface area contributed by atoms with Gasteiger partial charge in [0.1, 0.15) is 0 Å². The first-order valence-corrected chi connectivity index (χ1v) is 41.2. The minimum Gasteiger partial charge on any atom is -0.657 e. The van der Waals surface area contributed by atoms with Gasteiger partial charge in [0.25, 0.3) is 0 Å².